The van der Waals surface area contributed by atoms with Crippen LogP contribution in [0.2, 0.25) is 0 Å². The molecule has 0 amide bonds. The van der Waals surface area contributed by atoms with Crippen LogP contribution in [0.1, 0.15) is 27.7 Å². The summed E-state index contributed by atoms with van der Waals surface area (Å²) in [7, 11) is 0. The van der Waals surface area contributed by atoms with Gasteiger partial charge in [-0.25, -0.2) is 13.2 Å². The van der Waals surface area contributed by atoms with Crippen LogP contribution in [0.3, 0.4) is 0 Å². The molecule has 0 unspecified atom stereocenters. The van der Waals surface area contributed by atoms with Gasteiger partial charge in [-0.15, -0.1) is 0 Å². The fraction of sp³-hybridized carbons (Fsp3) is 0.500. The molecule has 7 heteroatoms. The summed E-state index contributed by atoms with van der Waals surface area (Å²) in [5.41, 5.74) is 0. The Balaban J connectivity index is 4.19. The third kappa shape index (κ3) is 8.74. The van der Waals surface area contributed by atoms with Crippen LogP contribution in [0, 0.1) is 0 Å². The van der Waals surface area contributed by atoms with Crippen molar-refractivity contribution in [1.29, 1.82) is 0 Å². The Morgan fingerprint density at radius 3 is 1.47 bits per heavy atom. The maximum Gasteiger partial charge on any atom is 0.331 e. The van der Waals surface area contributed by atoms with Gasteiger partial charge in [0.1, 0.15) is 0 Å². The number of hydrogen-bond acceptors (Lipinski definition) is 7. The summed E-state index contributed by atoms with van der Waals surface area (Å²) in [6.07, 6.45) is 2.15. The summed E-state index contributed by atoms with van der Waals surface area (Å²) < 4.78 is 15.4. The lowest BCUT2D eigenvalue weighted by Gasteiger charge is -2.25. The van der Waals surface area contributed by atoms with Crippen molar-refractivity contribution in [2.45, 2.75) is 37.6 Å². The third-order valence-corrected chi connectivity index (χ3v) is 3.01. The second kappa shape index (κ2) is 7.62. The Hall–Kier alpha value is -0.920. The molecule has 0 radical (unpaired) electrons. The Bertz CT molecular complexity index is 329. The van der Waals surface area contributed by atoms with E-state index in [1.54, 1.807) is 27.7 Å². The number of rotatable bonds is 8. The highest BCUT2D eigenvalue weighted by Crippen LogP contribution is 2.36. The van der Waals surface area contributed by atoms with E-state index in [4.69, 9.17) is 13.1 Å². The van der Waals surface area contributed by atoms with Crippen molar-refractivity contribution in [3.05, 3.63) is 25.3 Å². The van der Waals surface area contributed by atoms with E-state index in [0.29, 0.717) is 0 Å². The van der Waals surface area contributed by atoms with Gasteiger partial charge in [-0.05, 0) is 27.7 Å². The molecule has 0 fully saturated rings. The molecule has 0 atom stereocenters. The quantitative estimate of drug-likeness (QED) is 0.295. The molecule has 108 valence electrons. The summed E-state index contributed by atoms with van der Waals surface area (Å²) >= 11 is 1.88. The van der Waals surface area contributed by atoms with Gasteiger partial charge in [-0.2, -0.15) is 0 Å². The van der Waals surface area contributed by atoms with E-state index < -0.39 is 21.8 Å². The molecule has 0 spiro atoms. The number of hydrogen-bond donors (Lipinski definition) is 0. The predicted molar refractivity (Wildman–Crippen MR) is 77.0 cm³/mol. The van der Waals surface area contributed by atoms with Crippen LogP contribution in [0.5, 0.6) is 0 Å². The fourth-order valence-electron chi connectivity index (χ4n) is 0.783. The van der Waals surface area contributed by atoms with Crippen molar-refractivity contribution in [3.63, 3.8) is 0 Å². The van der Waals surface area contributed by atoms with E-state index in [1.807, 2.05) is 0 Å². The molecule has 0 aromatic rings. The Morgan fingerprint density at radius 1 is 0.895 bits per heavy atom. The normalized spacial score (nSPS) is 11.6. The van der Waals surface area contributed by atoms with Gasteiger partial charge in [0.25, 0.3) is 0 Å². The number of carbonyl (C=O) groups is 2. The van der Waals surface area contributed by atoms with Gasteiger partial charge in [-0.3, -0.25) is 0 Å². The van der Waals surface area contributed by atoms with Gasteiger partial charge in [0.15, 0.2) is 9.87 Å². The molecule has 0 aliphatic heterocycles. The Labute approximate surface area is 122 Å². The first-order valence-electron chi connectivity index (χ1n) is 5.36. The van der Waals surface area contributed by atoms with Crippen LogP contribution < -0.4 is 0 Å². The molecule has 0 aliphatic carbocycles. The van der Waals surface area contributed by atoms with Crippen molar-refractivity contribution in [2.75, 3.05) is 0 Å². The maximum atomic E-state index is 11.1. The molecular formula is C12H18O5S2. The van der Waals surface area contributed by atoms with Crippen LogP contribution in [0.4, 0.5) is 0 Å². The summed E-state index contributed by atoms with van der Waals surface area (Å²) in [5, 5.41) is 0. The van der Waals surface area contributed by atoms with E-state index in [-0.39, 0.29) is 0 Å². The average Bonchev–Trinajstić information content (AvgIpc) is 2.26. The first-order chi connectivity index (χ1) is 8.62. The summed E-state index contributed by atoms with van der Waals surface area (Å²) in [6.45, 7) is 13.3. The molecule has 0 saturated heterocycles. The van der Waals surface area contributed by atoms with Gasteiger partial charge >= 0.3 is 11.9 Å². The zero-order chi connectivity index (χ0) is 15.1. The molecule has 0 aliphatic rings. The van der Waals surface area contributed by atoms with Crippen molar-refractivity contribution >= 4 is 36.0 Å². The minimum Gasteiger partial charge on any atom is -0.443 e. The SMILES string of the molecule is C=CC(=O)OC(C)(C)SOSC(C)(C)OC(=O)C=C. The predicted octanol–water partition coefficient (Wildman–Crippen LogP) is 3.23. The van der Waals surface area contributed by atoms with Crippen LogP contribution in [-0.2, 0) is 22.7 Å². The molecular weight excluding hydrogens is 288 g/mol. The Morgan fingerprint density at radius 2 is 1.21 bits per heavy atom. The lowest BCUT2D eigenvalue weighted by atomic mass is 10.4. The fourth-order valence-corrected chi connectivity index (χ4v) is 2.46. The molecule has 0 heterocycles. The van der Waals surface area contributed by atoms with Gasteiger partial charge in [0, 0.05) is 12.2 Å². The average molecular weight is 306 g/mol. The molecule has 0 N–H and O–H groups in total. The van der Waals surface area contributed by atoms with Gasteiger partial charge in [0.2, 0.25) is 0 Å². The topological polar surface area (TPSA) is 61.8 Å². The van der Waals surface area contributed by atoms with Crippen LogP contribution >= 0.6 is 24.1 Å². The van der Waals surface area contributed by atoms with E-state index in [1.165, 1.54) is 0 Å². The first kappa shape index (κ1) is 18.1. The summed E-state index contributed by atoms with van der Waals surface area (Å²) in [5.74, 6) is -1.08. The zero-order valence-corrected chi connectivity index (χ0v) is 13.1. The minimum absolute atomic E-state index is 0.538. The first-order valence-corrected chi connectivity index (χ1v) is 6.84. The van der Waals surface area contributed by atoms with Crippen LogP contribution in [0.25, 0.3) is 0 Å². The molecule has 0 bridgehead atoms. The summed E-state index contributed by atoms with van der Waals surface area (Å²) in [6, 6.07) is 0. The molecule has 5 nitrogen and oxygen atoms in total. The van der Waals surface area contributed by atoms with E-state index in [2.05, 4.69) is 13.2 Å². The van der Waals surface area contributed by atoms with Crippen molar-refractivity contribution in [1.82, 2.24) is 0 Å². The Kier molecular flexibility index (Phi) is 7.25. The lowest BCUT2D eigenvalue weighted by Crippen LogP contribution is -2.25. The molecule has 0 rings (SSSR count). The zero-order valence-electron chi connectivity index (χ0n) is 11.4. The largest absolute Gasteiger partial charge is 0.443 e. The van der Waals surface area contributed by atoms with Crippen molar-refractivity contribution in [3.8, 4) is 0 Å². The van der Waals surface area contributed by atoms with Crippen LogP contribution in [0.15, 0.2) is 25.3 Å². The van der Waals surface area contributed by atoms with Gasteiger partial charge in [0.05, 0.1) is 24.1 Å². The van der Waals surface area contributed by atoms with E-state index in [0.717, 1.165) is 36.2 Å². The standard InChI is InChI=1S/C12H18O5S2/c1-7-9(13)15-11(3,4)18-17-19-12(5,6)16-10(14)8-2/h7-8H,1-2H2,3-6H3. The van der Waals surface area contributed by atoms with Gasteiger partial charge in [-0.1, -0.05) is 13.2 Å². The van der Waals surface area contributed by atoms with Gasteiger partial charge < -0.3 is 9.47 Å². The van der Waals surface area contributed by atoms with Crippen LogP contribution in [-0.4, -0.2) is 21.8 Å². The second-order valence-corrected chi connectivity index (χ2v) is 7.13. The molecule has 19 heavy (non-hydrogen) atoms. The number of ether oxygens (including phenoxy) is 2. The minimum atomic E-state index is -0.878. The highest BCUT2D eigenvalue weighted by Gasteiger charge is 2.29. The highest BCUT2D eigenvalue weighted by atomic mass is 32.2. The van der Waals surface area contributed by atoms with Crippen molar-refractivity contribution in [2.24, 2.45) is 0 Å². The molecule has 0 aromatic carbocycles. The lowest BCUT2D eigenvalue weighted by molar-refractivity contribution is -0.144. The van der Waals surface area contributed by atoms with Crippen molar-refractivity contribution < 1.29 is 22.7 Å². The number of esters is 2. The summed E-state index contributed by atoms with van der Waals surface area (Å²) in [4.78, 5) is 20.4. The highest BCUT2D eigenvalue weighted by molar-refractivity contribution is 8.09. The van der Waals surface area contributed by atoms with E-state index >= 15 is 0 Å². The molecule has 0 saturated carbocycles. The van der Waals surface area contributed by atoms with E-state index in [9.17, 15) is 9.59 Å². The maximum absolute atomic E-state index is 11.1. The smallest absolute Gasteiger partial charge is 0.331 e. The monoisotopic (exact) mass is 306 g/mol. The number of carbonyl (C=O) groups excluding carboxylic acids is 2. The second-order valence-electron chi connectivity index (χ2n) is 4.28. The third-order valence-electron chi connectivity index (χ3n) is 1.50. The molecule has 0 aromatic heterocycles.